The van der Waals surface area contributed by atoms with E-state index in [2.05, 4.69) is 0 Å². The van der Waals surface area contributed by atoms with Gasteiger partial charge in [0, 0.05) is 0 Å². The SMILES string of the molecule is CCOC(=O)c1cccc(CCC(CC)(C(=O)O)C(=O)O)c1. The van der Waals surface area contributed by atoms with Crippen LogP contribution < -0.4 is 0 Å². The van der Waals surface area contributed by atoms with Gasteiger partial charge in [-0.2, -0.15) is 0 Å². The molecule has 0 atom stereocenters. The Balaban J connectivity index is 2.91. The van der Waals surface area contributed by atoms with Crippen LogP contribution in [0.2, 0.25) is 0 Å². The highest BCUT2D eigenvalue weighted by atomic mass is 16.5. The van der Waals surface area contributed by atoms with Crippen molar-refractivity contribution in [1.29, 1.82) is 0 Å². The molecule has 0 fully saturated rings. The van der Waals surface area contributed by atoms with E-state index in [9.17, 15) is 24.6 Å². The van der Waals surface area contributed by atoms with Crippen LogP contribution >= 0.6 is 0 Å². The molecule has 0 bridgehead atoms. The standard InChI is InChI=1S/C16H20O6/c1-3-16(14(18)19,15(20)21)9-8-11-6-5-7-12(10-11)13(17)22-4-2/h5-7,10H,3-4,8-9H2,1-2H3,(H,18,19)(H,20,21). The Labute approximate surface area is 128 Å². The molecule has 2 N–H and O–H groups in total. The summed E-state index contributed by atoms with van der Waals surface area (Å²) >= 11 is 0. The number of carboxylic acid groups (broad SMARTS) is 2. The summed E-state index contributed by atoms with van der Waals surface area (Å²) in [5.41, 5.74) is -0.738. The summed E-state index contributed by atoms with van der Waals surface area (Å²) in [7, 11) is 0. The first-order chi connectivity index (χ1) is 10.4. The molecule has 0 aliphatic heterocycles. The van der Waals surface area contributed by atoms with E-state index in [-0.39, 0.29) is 25.9 Å². The maximum absolute atomic E-state index is 11.7. The number of hydrogen-bond donors (Lipinski definition) is 2. The van der Waals surface area contributed by atoms with Gasteiger partial charge >= 0.3 is 17.9 Å². The van der Waals surface area contributed by atoms with Crippen molar-refractivity contribution in [3.63, 3.8) is 0 Å². The molecule has 22 heavy (non-hydrogen) atoms. The molecule has 0 saturated carbocycles. The lowest BCUT2D eigenvalue weighted by Crippen LogP contribution is -2.39. The Kier molecular flexibility index (Phi) is 6.10. The van der Waals surface area contributed by atoms with Crippen molar-refractivity contribution in [1.82, 2.24) is 0 Å². The van der Waals surface area contributed by atoms with E-state index in [0.29, 0.717) is 11.1 Å². The predicted octanol–water partition coefficient (Wildman–Crippen LogP) is 2.36. The first kappa shape index (κ1) is 17.7. The molecule has 0 spiro atoms. The van der Waals surface area contributed by atoms with Gasteiger partial charge in [0.1, 0.15) is 0 Å². The van der Waals surface area contributed by atoms with E-state index >= 15 is 0 Å². The van der Waals surface area contributed by atoms with Crippen LogP contribution in [0.5, 0.6) is 0 Å². The van der Waals surface area contributed by atoms with Gasteiger partial charge in [0.2, 0.25) is 0 Å². The Hall–Kier alpha value is -2.37. The van der Waals surface area contributed by atoms with Crippen LogP contribution in [0.25, 0.3) is 0 Å². The third-order valence-electron chi connectivity index (χ3n) is 3.70. The van der Waals surface area contributed by atoms with E-state index < -0.39 is 23.3 Å². The van der Waals surface area contributed by atoms with Crippen LogP contribution in [0.3, 0.4) is 0 Å². The Morgan fingerprint density at radius 1 is 1.14 bits per heavy atom. The van der Waals surface area contributed by atoms with Gasteiger partial charge < -0.3 is 14.9 Å². The van der Waals surface area contributed by atoms with E-state index in [1.165, 1.54) is 6.92 Å². The number of benzene rings is 1. The van der Waals surface area contributed by atoms with Crippen LogP contribution in [-0.4, -0.2) is 34.7 Å². The molecule has 0 amide bonds. The molecule has 1 aromatic rings. The average Bonchev–Trinajstić information content (AvgIpc) is 2.48. The number of hydrogen-bond acceptors (Lipinski definition) is 4. The summed E-state index contributed by atoms with van der Waals surface area (Å²) in [6, 6.07) is 6.59. The van der Waals surface area contributed by atoms with Gasteiger partial charge in [0.15, 0.2) is 5.41 Å². The number of carboxylic acids is 2. The zero-order valence-electron chi connectivity index (χ0n) is 12.7. The second-order valence-corrected chi connectivity index (χ2v) is 4.97. The molecule has 0 aromatic heterocycles. The number of aliphatic carboxylic acids is 2. The van der Waals surface area contributed by atoms with Gasteiger partial charge in [0.05, 0.1) is 12.2 Å². The minimum atomic E-state index is -1.81. The summed E-state index contributed by atoms with van der Waals surface area (Å²) in [4.78, 5) is 34.3. The summed E-state index contributed by atoms with van der Waals surface area (Å²) < 4.78 is 4.90. The first-order valence-corrected chi connectivity index (χ1v) is 7.10. The Bertz CT molecular complexity index is 550. The van der Waals surface area contributed by atoms with Crippen molar-refractivity contribution in [2.45, 2.75) is 33.1 Å². The van der Waals surface area contributed by atoms with Crippen LogP contribution in [0.15, 0.2) is 24.3 Å². The van der Waals surface area contributed by atoms with Crippen molar-refractivity contribution >= 4 is 17.9 Å². The predicted molar refractivity (Wildman–Crippen MR) is 78.7 cm³/mol. The Morgan fingerprint density at radius 2 is 1.77 bits per heavy atom. The van der Waals surface area contributed by atoms with Gasteiger partial charge in [-0.25, -0.2) is 4.79 Å². The summed E-state index contributed by atoms with van der Waals surface area (Å²) in [5.74, 6) is -3.14. The van der Waals surface area contributed by atoms with Crippen molar-refractivity contribution < 1.29 is 29.3 Å². The smallest absolute Gasteiger partial charge is 0.338 e. The lowest BCUT2D eigenvalue weighted by molar-refractivity contribution is -0.165. The van der Waals surface area contributed by atoms with Gasteiger partial charge in [-0.05, 0) is 43.9 Å². The largest absolute Gasteiger partial charge is 0.480 e. The van der Waals surface area contributed by atoms with E-state index in [1.807, 2.05) is 0 Å². The molecule has 0 heterocycles. The highest BCUT2D eigenvalue weighted by Crippen LogP contribution is 2.29. The molecule has 0 radical (unpaired) electrons. The monoisotopic (exact) mass is 308 g/mol. The van der Waals surface area contributed by atoms with E-state index in [4.69, 9.17) is 4.74 Å². The summed E-state index contributed by atoms with van der Waals surface area (Å²) in [6.07, 6.45) is 0.204. The van der Waals surface area contributed by atoms with Crippen molar-refractivity contribution in [2.24, 2.45) is 5.41 Å². The lowest BCUT2D eigenvalue weighted by atomic mass is 9.79. The fourth-order valence-corrected chi connectivity index (χ4v) is 2.21. The molecule has 6 nitrogen and oxygen atoms in total. The quantitative estimate of drug-likeness (QED) is 0.565. The molecular formula is C16H20O6. The first-order valence-electron chi connectivity index (χ1n) is 7.10. The average molecular weight is 308 g/mol. The molecule has 0 saturated heterocycles. The fraction of sp³-hybridized carbons (Fsp3) is 0.438. The summed E-state index contributed by atoms with van der Waals surface area (Å²) in [5, 5.41) is 18.5. The van der Waals surface area contributed by atoms with Crippen LogP contribution in [0.4, 0.5) is 0 Å². The number of carbonyl (C=O) groups is 3. The molecule has 0 aliphatic rings. The second kappa shape index (κ2) is 7.59. The van der Waals surface area contributed by atoms with Crippen molar-refractivity contribution in [2.75, 3.05) is 6.61 Å². The molecule has 120 valence electrons. The second-order valence-electron chi connectivity index (χ2n) is 4.97. The highest BCUT2D eigenvalue weighted by Gasteiger charge is 2.44. The lowest BCUT2D eigenvalue weighted by Gasteiger charge is -2.23. The molecular weight excluding hydrogens is 288 g/mol. The zero-order valence-corrected chi connectivity index (χ0v) is 12.7. The molecule has 0 unspecified atom stereocenters. The molecule has 1 rings (SSSR count). The maximum atomic E-state index is 11.7. The molecule has 6 heteroatoms. The van der Waals surface area contributed by atoms with Crippen molar-refractivity contribution in [3.8, 4) is 0 Å². The number of esters is 1. The molecule has 1 aromatic carbocycles. The Morgan fingerprint density at radius 3 is 2.27 bits per heavy atom. The minimum absolute atomic E-state index is 0.00473. The molecule has 0 aliphatic carbocycles. The van der Waals surface area contributed by atoms with Gasteiger partial charge in [-0.1, -0.05) is 19.1 Å². The van der Waals surface area contributed by atoms with Gasteiger partial charge in [-0.15, -0.1) is 0 Å². The van der Waals surface area contributed by atoms with Crippen LogP contribution in [0.1, 0.15) is 42.6 Å². The summed E-state index contributed by atoms with van der Waals surface area (Å²) in [6.45, 7) is 3.51. The number of rotatable bonds is 8. The van der Waals surface area contributed by atoms with Crippen LogP contribution in [0, 0.1) is 5.41 Å². The fourth-order valence-electron chi connectivity index (χ4n) is 2.21. The highest BCUT2D eigenvalue weighted by molar-refractivity contribution is 5.98. The number of aryl methyl sites for hydroxylation is 1. The topological polar surface area (TPSA) is 101 Å². The third kappa shape index (κ3) is 3.84. The van der Waals surface area contributed by atoms with E-state index in [0.717, 1.165) is 0 Å². The minimum Gasteiger partial charge on any atom is -0.480 e. The zero-order chi connectivity index (χ0) is 16.8. The van der Waals surface area contributed by atoms with Gasteiger partial charge in [-0.3, -0.25) is 9.59 Å². The van der Waals surface area contributed by atoms with Crippen LogP contribution in [-0.2, 0) is 20.7 Å². The normalized spacial score (nSPS) is 11.0. The maximum Gasteiger partial charge on any atom is 0.338 e. The van der Waals surface area contributed by atoms with Crippen molar-refractivity contribution in [3.05, 3.63) is 35.4 Å². The number of ether oxygens (including phenoxy) is 1. The van der Waals surface area contributed by atoms with E-state index in [1.54, 1.807) is 31.2 Å². The third-order valence-corrected chi connectivity index (χ3v) is 3.70. The number of carbonyl (C=O) groups excluding carboxylic acids is 1. The van der Waals surface area contributed by atoms with Gasteiger partial charge in [0.25, 0.3) is 0 Å².